The van der Waals surface area contributed by atoms with Gasteiger partial charge in [-0.05, 0) is 48.1 Å². The predicted molar refractivity (Wildman–Crippen MR) is 154 cm³/mol. The van der Waals surface area contributed by atoms with Crippen molar-refractivity contribution in [3.63, 3.8) is 0 Å². The molecule has 41 heavy (non-hydrogen) atoms. The summed E-state index contributed by atoms with van der Waals surface area (Å²) < 4.78 is 4.93. The lowest BCUT2D eigenvalue weighted by Gasteiger charge is -2.40. The summed E-state index contributed by atoms with van der Waals surface area (Å²) in [5.41, 5.74) is -0.497. The number of nitrogens with one attached hydrogen (secondary N) is 3. The SMILES string of the molecule is COC(=O)[C@H](Cc1ccc(NC(=O)c2c(Cl)cccc2Cl)cc1)NC(=O)C1CCC(C)(C(=O)NCC(=O)O)C1(C)C. The fraction of sp³-hybridized carbons (Fsp3) is 0.414. The minimum absolute atomic E-state index is 0.118. The Balaban J connectivity index is 1.70. The first-order valence-electron chi connectivity index (χ1n) is 12.9. The highest BCUT2D eigenvalue weighted by Gasteiger charge is 2.58. The Morgan fingerprint density at radius 2 is 1.63 bits per heavy atom. The van der Waals surface area contributed by atoms with Gasteiger partial charge < -0.3 is 25.8 Å². The molecule has 220 valence electrons. The lowest BCUT2D eigenvalue weighted by molar-refractivity contribution is -0.147. The van der Waals surface area contributed by atoms with Crippen molar-refractivity contribution in [3.05, 3.63) is 63.6 Å². The molecule has 0 aromatic heterocycles. The van der Waals surface area contributed by atoms with Crippen LogP contribution in [0.5, 0.6) is 0 Å². The van der Waals surface area contributed by atoms with Crippen LogP contribution in [0.3, 0.4) is 0 Å². The van der Waals surface area contributed by atoms with Gasteiger partial charge in [0.05, 0.1) is 28.1 Å². The van der Waals surface area contributed by atoms with E-state index in [-0.39, 0.29) is 22.0 Å². The maximum absolute atomic E-state index is 13.4. The zero-order valence-corrected chi connectivity index (χ0v) is 24.7. The summed E-state index contributed by atoms with van der Waals surface area (Å²) in [5.74, 6) is -3.72. The van der Waals surface area contributed by atoms with E-state index in [4.69, 9.17) is 33.0 Å². The highest BCUT2D eigenvalue weighted by molar-refractivity contribution is 6.40. The minimum Gasteiger partial charge on any atom is -0.480 e. The van der Waals surface area contributed by atoms with Gasteiger partial charge in [0.25, 0.3) is 5.91 Å². The number of hydrogen-bond acceptors (Lipinski definition) is 6. The van der Waals surface area contributed by atoms with Gasteiger partial charge in [0.1, 0.15) is 12.6 Å². The van der Waals surface area contributed by atoms with Gasteiger partial charge in [-0.25, -0.2) is 4.79 Å². The molecule has 1 saturated carbocycles. The molecular formula is C29H33Cl2N3O7. The molecule has 1 fully saturated rings. The van der Waals surface area contributed by atoms with Crippen molar-refractivity contribution in [2.75, 3.05) is 19.0 Å². The average Bonchev–Trinajstić information content (AvgIpc) is 3.16. The van der Waals surface area contributed by atoms with Crippen LogP contribution >= 0.6 is 23.2 Å². The molecule has 12 heteroatoms. The van der Waals surface area contributed by atoms with Gasteiger partial charge in [-0.2, -0.15) is 0 Å². The summed E-state index contributed by atoms with van der Waals surface area (Å²) in [5, 5.41) is 17.3. The molecule has 0 heterocycles. The van der Waals surface area contributed by atoms with Gasteiger partial charge in [-0.1, -0.05) is 62.2 Å². The number of ether oxygens (including phenoxy) is 1. The van der Waals surface area contributed by atoms with E-state index in [1.165, 1.54) is 7.11 Å². The third kappa shape index (κ3) is 7.00. The van der Waals surface area contributed by atoms with Crippen molar-refractivity contribution in [2.24, 2.45) is 16.7 Å². The summed E-state index contributed by atoms with van der Waals surface area (Å²) in [4.78, 5) is 62.5. The van der Waals surface area contributed by atoms with Gasteiger partial charge in [-0.3, -0.25) is 19.2 Å². The number of hydrogen-bond donors (Lipinski definition) is 4. The fourth-order valence-electron chi connectivity index (χ4n) is 5.19. The number of esters is 1. The predicted octanol–water partition coefficient (Wildman–Crippen LogP) is 4.09. The third-order valence-electron chi connectivity index (χ3n) is 8.09. The molecule has 0 spiro atoms. The Morgan fingerprint density at radius 3 is 2.20 bits per heavy atom. The summed E-state index contributed by atoms with van der Waals surface area (Å²) in [6, 6.07) is 10.5. The van der Waals surface area contributed by atoms with Crippen LogP contribution in [0.1, 0.15) is 49.5 Å². The quantitative estimate of drug-likeness (QED) is 0.298. The van der Waals surface area contributed by atoms with E-state index in [2.05, 4.69) is 16.0 Å². The first-order chi connectivity index (χ1) is 19.2. The van der Waals surface area contributed by atoms with Crippen LogP contribution < -0.4 is 16.0 Å². The normalized spacial score (nSPS) is 20.0. The maximum Gasteiger partial charge on any atom is 0.328 e. The molecule has 0 aliphatic heterocycles. The van der Waals surface area contributed by atoms with Crippen LogP contribution in [0.25, 0.3) is 0 Å². The third-order valence-corrected chi connectivity index (χ3v) is 8.72. The van der Waals surface area contributed by atoms with Gasteiger partial charge >= 0.3 is 11.9 Å². The van der Waals surface area contributed by atoms with Gasteiger partial charge in [0.15, 0.2) is 0 Å². The van der Waals surface area contributed by atoms with E-state index >= 15 is 0 Å². The average molecular weight is 607 g/mol. The van der Waals surface area contributed by atoms with Gasteiger partial charge in [0.2, 0.25) is 11.8 Å². The van der Waals surface area contributed by atoms with Crippen molar-refractivity contribution >= 4 is 58.5 Å². The molecule has 3 rings (SSSR count). The Kier molecular flexibility index (Phi) is 10.0. The number of carboxylic acid groups (broad SMARTS) is 1. The second-order valence-electron chi connectivity index (χ2n) is 10.8. The number of benzene rings is 2. The molecule has 3 atom stereocenters. The number of amides is 3. The van der Waals surface area contributed by atoms with Crippen molar-refractivity contribution < 1.29 is 33.8 Å². The number of halogens is 2. The smallest absolute Gasteiger partial charge is 0.328 e. The van der Waals surface area contributed by atoms with Gasteiger partial charge in [-0.15, -0.1) is 0 Å². The zero-order chi connectivity index (χ0) is 30.5. The molecule has 4 N–H and O–H groups in total. The molecule has 1 aliphatic rings. The molecule has 2 unspecified atom stereocenters. The Bertz CT molecular complexity index is 1330. The second-order valence-corrected chi connectivity index (χ2v) is 11.6. The summed E-state index contributed by atoms with van der Waals surface area (Å²) in [6.45, 7) is 4.79. The highest BCUT2D eigenvalue weighted by Crippen LogP contribution is 2.56. The van der Waals surface area contributed by atoms with E-state index in [9.17, 15) is 24.0 Å². The number of carbonyl (C=O) groups excluding carboxylic acids is 4. The van der Waals surface area contributed by atoms with Crippen molar-refractivity contribution in [2.45, 2.75) is 46.1 Å². The monoisotopic (exact) mass is 605 g/mol. The largest absolute Gasteiger partial charge is 0.480 e. The van der Waals surface area contributed by atoms with Crippen LogP contribution in [0.2, 0.25) is 10.0 Å². The van der Waals surface area contributed by atoms with Crippen molar-refractivity contribution in [1.29, 1.82) is 0 Å². The molecule has 10 nitrogen and oxygen atoms in total. The zero-order valence-electron chi connectivity index (χ0n) is 23.2. The summed E-state index contributed by atoms with van der Waals surface area (Å²) >= 11 is 12.2. The lowest BCUT2D eigenvalue weighted by atomic mass is 9.65. The van der Waals surface area contributed by atoms with Crippen LogP contribution in [0, 0.1) is 16.7 Å². The number of anilines is 1. The summed E-state index contributed by atoms with van der Waals surface area (Å²) in [6.07, 6.45) is 0.874. The van der Waals surface area contributed by atoms with Gasteiger partial charge in [0, 0.05) is 18.0 Å². The molecule has 0 bridgehead atoms. The van der Waals surface area contributed by atoms with E-state index < -0.39 is 59.0 Å². The number of aliphatic carboxylic acids is 1. The number of carbonyl (C=O) groups is 5. The highest BCUT2D eigenvalue weighted by atomic mass is 35.5. The molecular weight excluding hydrogens is 573 g/mol. The lowest BCUT2D eigenvalue weighted by Crippen LogP contribution is -2.52. The second kappa shape index (κ2) is 12.9. The van der Waals surface area contributed by atoms with E-state index in [0.717, 1.165) is 0 Å². The topological polar surface area (TPSA) is 151 Å². The Hall–Kier alpha value is -3.63. The Morgan fingerprint density at radius 1 is 1.02 bits per heavy atom. The number of rotatable bonds is 10. The molecule has 2 aromatic rings. The van der Waals surface area contributed by atoms with Crippen LogP contribution in [-0.4, -0.2) is 54.5 Å². The summed E-state index contributed by atoms with van der Waals surface area (Å²) in [7, 11) is 1.23. The first kappa shape index (κ1) is 31.9. The van der Waals surface area contributed by atoms with Crippen molar-refractivity contribution in [1.82, 2.24) is 10.6 Å². The molecule has 2 aromatic carbocycles. The molecule has 1 aliphatic carbocycles. The van der Waals surface area contributed by atoms with Crippen LogP contribution in [0.15, 0.2) is 42.5 Å². The number of carboxylic acids is 1. The minimum atomic E-state index is -1.16. The molecule has 0 radical (unpaired) electrons. The fourth-order valence-corrected chi connectivity index (χ4v) is 5.76. The van der Waals surface area contributed by atoms with Crippen molar-refractivity contribution in [3.8, 4) is 0 Å². The number of methoxy groups -OCH3 is 1. The van der Waals surface area contributed by atoms with Crippen LogP contribution in [0.4, 0.5) is 5.69 Å². The molecule has 3 amide bonds. The maximum atomic E-state index is 13.4. The van der Waals surface area contributed by atoms with Crippen LogP contribution in [-0.2, 0) is 30.3 Å². The van der Waals surface area contributed by atoms with E-state index in [1.54, 1.807) is 63.2 Å². The standard InChI is InChI=1S/C29H33Cl2N3O7/c1-28(2)18(12-13-29(28,3)27(40)32-15-22(35)36)24(37)34-21(26(39)41-4)14-16-8-10-17(11-9-16)33-25(38)23-19(30)6-5-7-20(23)31/h5-11,18,21H,12-15H2,1-4H3,(H,32,40)(H,33,38)(H,34,37)(H,35,36)/t18?,21-,29?/m0/s1. The first-order valence-corrected chi connectivity index (χ1v) is 13.7. The Labute approximate surface area is 248 Å². The van der Waals surface area contributed by atoms with E-state index in [0.29, 0.717) is 24.1 Å². The van der Waals surface area contributed by atoms with E-state index in [1.807, 2.05) is 0 Å². The molecule has 0 saturated heterocycles.